The summed E-state index contributed by atoms with van der Waals surface area (Å²) in [7, 11) is 0. The van der Waals surface area contributed by atoms with Crippen LogP contribution in [-0.2, 0) is 17.8 Å². The van der Waals surface area contributed by atoms with Crippen molar-refractivity contribution in [3.63, 3.8) is 0 Å². The zero-order valence-electron chi connectivity index (χ0n) is 17.1. The molecule has 0 unspecified atom stereocenters. The van der Waals surface area contributed by atoms with Crippen LogP contribution in [-0.4, -0.2) is 19.1 Å². The molecule has 162 valence electrons. The Bertz CT molecular complexity index is 1040. The molecule has 3 rings (SSSR count). The molecule has 2 N–H and O–H groups in total. The first-order valence-corrected chi connectivity index (χ1v) is 11.4. The number of benzene rings is 3. The van der Waals surface area contributed by atoms with Crippen LogP contribution in [0.2, 0.25) is 10.0 Å². The van der Waals surface area contributed by atoms with Gasteiger partial charge in [-0.3, -0.25) is 4.79 Å². The number of amides is 1. The molecular formula is C24H23BrCl2N2O2. The Morgan fingerprint density at radius 3 is 2.52 bits per heavy atom. The maximum Gasteiger partial charge on any atom is 0.262 e. The van der Waals surface area contributed by atoms with Crippen molar-refractivity contribution in [3.8, 4) is 5.75 Å². The number of carbonyl (C=O) groups is 1. The van der Waals surface area contributed by atoms with Crippen LogP contribution in [0, 0.1) is 6.92 Å². The molecule has 7 heteroatoms. The van der Waals surface area contributed by atoms with E-state index >= 15 is 0 Å². The minimum Gasteiger partial charge on any atom is -0.483 e. The van der Waals surface area contributed by atoms with Crippen LogP contribution in [0.5, 0.6) is 5.75 Å². The summed E-state index contributed by atoms with van der Waals surface area (Å²) < 4.78 is 6.73. The first kappa shape index (κ1) is 23.6. The Kier molecular flexibility index (Phi) is 8.79. The monoisotopic (exact) mass is 520 g/mol. The smallest absolute Gasteiger partial charge is 0.262 e. The van der Waals surface area contributed by atoms with E-state index in [2.05, 4.69) is 26.6 Å². The Morgan fingerprint density at radius 2 is 1.77 bits per heavy atom. The predicted octanol–water partition coefficient (Wildman–Crippen LogP) is 6.41. The van der Waals surface area contributed by atoms with Crippen LogP contribution in [0.1, 0.15) is 16.7 Å². The zero-order chi connectivity index (χ0) is 22.2. The molecule has 0 aromatic heterocycles. The summed E-state index contributed by atoms with van der Waals surface area (Å²) in [6.07, 6.45) is 0.777. The first-order chi connectivity index (χ1) is 14.9. The van der Waals surface area contributed by atoms with Crippen LogP contribution in [0.25, 0.3) is 0 Å². The number of carbonyl (C=O) groups excluding carboxylic acids is 1. The largest absolute Gasteiger partial charge is 0.483 e. The molecule has 0 aliphatic heterocycles. The Hall–Kier alpha value is -2.05. The van der Waals surface area contributed by atoms with Crippen molar-refractivity contribution in [3.05, 3.63) is 91.9 Å². The van der Waals surface area contributed by atoms with Gasteiger partial charge >= 0.3 is 0 Å². The maximum atomic E-state index is 12.2. The van der Waals surface area contributed by atoms with E-state index in [1.807, 2.05) is 61.5 Å². The lowest BCUT2D eigenvalue weighted by Crippen LogP contribution is -2.21. The van der Waals surface area contributed by atoms with E-state index in [-0.39, 0.29) is 12.5 Å². The van der Waals surface area contributed by atoms with E-state index in [1.165, 1.54) is 0 Å². The number of halogens is 3. The molecule has 31 heavy (non-hydrogen) atoms. The van der Waals surface area contributed by atoms with Gasteiger partial charge in [0.2, 0.25) is 0 Å². The third-order valence-corrected chi connectivity index (χ3v) is 5.70. The van der Waals surface area contributed by atoms with Gasteiger partial charge in [0.15, 0.2) is 6.61 Å². The summed E-state index contributed by atoms with van der Waals surface area (Å²) >= 11 is 15.7. The second kappa shape index (κ2) is 11.5. The molecule has 0 aliphatic carbocycles. The van der Waals surface area contributed by atoms with Gasteiger partial charge in [0.1, 0.15) is 5.75 Å². The summed E-state index contributed by atoms with van der Waals surface area (Å²) in [6, 6.07) is 18.9. The second-order valence-electron chi connectivity index (χ2n) is 7.12. The summed E-state index contributed by atoms with van der Waals surface area (Å²) in [5.74, 6) is 0.461. The lowest BCUT2D eigenvalue weighted by Gasteiger charge is -2.13. The van der Waals surface area contributed by atoms with E-state index in [1.54, 1.807) is 6.07 Å². The normalized spacial score (nSPS) is 10.7. The van der Waals surface area contributed by atoms with Crippen molar-refractivity contribution in [1.82, 2.24) is 5.32 Å². The SMILES string of the molecule is Cc1ccc(NC(=O)COc2ccc(Br)cc2CNCCc2ccc(Cl)cc2Cl)cc1. The zero-order valence-corrected chi connectivity index (χ0v) is 20.2. The average Bonchev–Trinajstić information content (AvgIpc) is 2.73. The van der Waals surface area contributed by atoms with E-state index in [0.717, 1.165) is 39.8 Å². The molecule has 1 amide bonds. The number of rotatable bonds is 9. The van der Waals surface area contributed by atoms with Gasteiger partial charge in [0, 0.05) is 32.3 Å². The fourth-order valence-corrected chi connectivity index (χ4v) is 3.89. The molecule has 0 saturated heterocycles. The molecular weight excluding hydrogens is 499 g/mol. The molecule has 0 atom stereocenters. The molecule has 0 radical (unpaired) electrons. The van der Waals surface area contributed by atoms with Crippen molar-refractivity contribution in [2.75, 3.05) is 18.5 Å². The minimum absolute atomic E-state index is 0.0666. The highest BCUT2D eigenvalue weighted by molar-refractivity contribution is 9.10. The fourth-order valence-electron chi connectivity index (χ4n) is 2.97. The molecule has 0 fully saturated rings. The number of nitrogens with one attached hydrogen (secondary N) is 2. The van der Waals surface area contributed by atoms with E-state index < -0.39 is 0 Å². The Morgan fingerprint density at radius 1 is 1.00 bits per heavy atom. The fraction of sp³-hybridized carbons (Fsp3) is 0.208. The van der Waals surface area contributed by atoms with E-state index in [0.29, 0.717) is 22.3 Å². The van der Waals surface area contributed by atoms with Gasteiger partial charge in [-0.25, -0.2) is 0 Å². The highest BCUT2D eigenvalue weighted by Gasteiger charge is 2.09. The van der Waals surface area contributed by atoms with Crippen molar-refractivity contribution in [1.29, 1.82) is 0 Å². The number of anilines is 1. The first-order valence-electron chi connectivity index (χ1n) is 9.83. The molecule has 3 aromatic rings. The molecule has 3 aromatic carbocycles. The van der Waals surface area contributed by atoms with Gasteiger partial charge < -0.3 is 15.4 Å². The standard InChI is InChI=1S/C24H23BrCl2N2O2/c1-16-2-7-21(8-3-16)29-24(30)15-31-23-9-5-19(25)12-18(23)14-28-11-10-17-4-6-20(26)13-22(17)27/h2-9,12-13,28H,10-11,14-15H2,1H3,(H,29,30). The van der Waals surface area contributed by atoms with Crippen LogP contribution in [0.4, 0.5) is 5.69 Å². The number of hydrogen-bond donors (Lipinski definition) is 2. The van der Waals surface area contributed by atoms with Crippen molar-refractivity contribution >= 4 is 50.7 Å². The van der Waals surface area contributed by atoms with Gasteiger partial charge in [-0.2, -0.15) is 0 Å². The van der Waals surface area contributed by atoms with Crippen molar-refractivity contribution in [2.45, 2.75) is 19.9 Å². The second-order valence-corrected chi connectivity index (χ2v) is 8.88. The highest BCUT2D eigenvalue weighted by atomic mass is 79.9. The molecule has 0 saturated carbocycles. The minimum atomic E-state index is -0.205. The number of hydrogen-bond acceptors (Lipinski definition) is 3. The molecule has 0 bridgehead atoms. The van der Waals surface area contributed by atoms with Gasteiger partial charge in [-0.15, -0.1) is 0 Å². The lowest BCUT2D eigenvalue weighted by atomic mass is 10.1. The van der Waals surface area contributed by atoms with Gasteiger partial charge in [-0.05, 0) is 67.9 Å². The maximum absolute atomic E-state index is 12.2. The van der Waals surface area contributed by atoms with E-state index in [9.17, 15) is 4.79 Å². The lowest BCUT2D eigenvalue weighted by molar-refractivity contribution is -0.118. The van der Waals surface area contributed by atoms with Crippen LogP contribution < -0.4 is 15.4 Å². The average molecular weight is 522 g/mol. The van der Waals surface area contributed by atoms with Crippen molar-refractivity contribution in [2.24, 2.45) is 0 Å². The van der Waals surface area contributed by atoms with E-state index in [4.69, 9.17) is 27.9 Å². The quantitative estimate of drug-likeness (QED) is 0.320. The van der Waals surface area contributed by atoms with Gasteiger partial charge in [0.05, 0.1) is 0 Å². The summed E-state index contributed by atoms with van der Waals surface area (Å²) in [5, 5.41) is 7.53. The number of aryl methyl sites for hydroxylation is 1. The van der Waals surface area contributed by atoms with Crippen LogP contribution >= 0.6 is 39.1 Å². The summed E-state index contributed by atoms with van der Waals surface area (Å²) in [4.78, 5) is 12.2. The molecule has 0 spiro atoms. The summed E-state index contributed by atoms with van der Waals surface area (Å²) in [6.45, 7) is 3.27. The molecule has 0 aliphatic rings. The summed E-state index contributed by atoms with van der Waals surface area (Å²) in [5.41, 5.74) is 3.88. The Labute approximate surface area is 201 Å². The topological polar surface area (TPSA) is 50.4 Å². The third kappa shape index (κ3) is 7.54. The van der Waals surface area contributed by atoms with Crippen LogP contribution in [0.15, 0.2) is 65.1 Å². The van der Waals surface area contributed by atoms with Crippen LogP contribution in [0.3, 0.4) is 0 Å². The predicted molar refractivity (Wildman–Crippen MR) is 131 cm³/mol. The van der Waals surface area contributed by atoms with Gasteiger partial charge in [-0.1, -0.05) is 62.9 Å². The molecule has 0 heterocycles. The number of ether oxygens (including phenoxy) is 1. The van der Waals surface area contributed by atoms with Crippen molar-refractivity contribution < 1.29 is 9.53 Å². The van der Waals surface area contributed by atoms with Gasteiger partial charge in [0.25, 0.3) is 5.91 Å². The third-order valence-electron chi connectivity index (χ3n) is 4.62. The highest BCUT2D eigenvalue weighted by Crippen LogP contribution is 2.24. The Balaban J connectivity index is 1.52. The molecule has 4 nitrogen and oxygen atoms in total.